The topological polar surface area (TPSA) is 78.6 Å². The molecule has 7 nitrogen and oxygen atoms in total. The molecule has 0 radical (unpaired) electrons. The van der Waals surface area contributed by atoms with E-state index < -0.39 is 0 Å². The maximum atomic E-state index is 12.3. The van der Waals surface area contributed by atoms with Crippen molar-refractivity contribution in [1.82, 2.24) is 19.6 Å². The SMILES string of the molecule is COc1ccc(CCOC(=O)Cc2c(C)nc3nc(SC)nn3c2C)cc1. The van der Waals surface area contributed by atoms with Gasteiger partial charge in [0, 0.05) is 23.4 Å². The summed E-state index contributed by atoms with van der Waals surface area (Å²) < 4.78 is 12.2. The number of ether oxygens (including phenoxy) is 2. The second-order valence-corrected chi connectivity index (χ2v) is 6.84. The van der Waals surface area contributed by atoms with Gasteiger partial charge in [0.25, 0.3) is 5.78 Å². The number of aromatic nitrogens is 4. The lowest BCUT2D eigenvalue weighted by atomic mass is 10.1. The average Bonchev–Trinajstić information content (AvgIpc) is 3.09. The van der Waals surface area contributed by atoms with Crippen LogP contribution >= 0.6 is 11.8 Å². The van der Waals surface area contributed by atoms with Gasteiger partial charge >= 0.3 is 5.97 Å². The highest BCUT2D eigenvalue weighted by Crippen LogP contribution is 2.17. The number of carbonyl (C=O) groups is 1. The summed E-state index contributed by atoms with van der Waals surface area (Å²) in [5.41, 5.74) is 3.55. The first-order chi connectivity index (χ1) is 13.0. The predicted octanol–water partition coefficient (Wildman–Crippen LogP) is 2.80. The molecule has 0 aliphatic rings. The van der Waals surface area contributed by atoms with Crippen LogP contribution in [0.3, 0.4) is 0 Å². The van der Waals surface area contributed by atoms with E-state index in [9.17, 15) is 4.79 Å². The Morgan fingerprint density at radius 1 is 1.19 bits per heavy atom. The molecule has 0 bridgehead atoms. The van der Waals surface area contributed by atoms with Gasteiger partial charge in [-0.3, -0.25) is 4.79 Å². The quantitative estimate of drug-likeness (QED) is 0.456. The number of hydrogen-bond acceptors (Lipinski definition) is 7. The molecule has 0 amide bonds. The van der Waals surface area contributed by atoms with Crippen molar-refractivity contribution in [2.24, 2.45) is 0 Å². The number of rotatable bonds is 7. The lowest BCUT2D eigenvalue weighted by Crippen LogP contribution is -2.14. The molecule has 0 aliphatic carbocycles. The third-order valence-corrected chi connectivity index (χ3v) is 4.88. The lowest BCUT2D eigenvalue weighted by Gasteiger charge is -2.10. The molecule has 0 saturated carbocycles. The van der Waals surface area contributed by atoms with Gasteiger partial charge in [0.1, 0.15) is 5.75 Å². The van der Waals surface area contributed by atoms with Crippen molar-refractivity contribution in [1.29, 1.82) is 0 Å². The van der Waals surface area contributed by atoms with Crippen molar-refractivity contribution >= 4 is 23.5 Å². The van der Waals surface area contributed by atoms with E-state index >= 15 is 0 Å². The molecule has 0 atom stereocenters. The molecule has 3 rings (SSSR count). The first-order valence-corrected chi connectivity index (χ1v) is 9.79. The molecule has 0 N–H and O–H groups in total. The van der Waals surface area contributed by atoms with Crippen LogP contribution in [0.2, 0.25) is 0 Å². The molecular weight excluding hydrogens is 364 g/mol. The van der Waals surface area contributed by atoms with E-state index in [2.05, 4.69) is 15.1 Å². The van der Waals surface area contributed by atoms with Crippen molar-refractivity contribution in [3.8, 4) is 5.75 Å². The van der Waals surface area contributed by atoms with E-state index in [0.717, 1.165) is 28.3 Å². The summed E-state index contributed by atoms with van der Waals surface area (Å²) in [7, 11) is 1.63. The number of benzene rings is 1. The minimum absolute atomic E-state index is 0.164. The van der Waals surface area contributed by atoms with Crippen LogP contribution in [0.4, 0.5) is 0 Å². The van der Waals surface area contributed by atoms with E-state index in [1.54, 1.807) is 11.6 Å². The molecule has 0 spiro atoms. The van der Waals surface area contributed by atoms with Gasteiger partial charge in [-0.05, 0) is 37.8 Å². The van der Waals surface area contributed by atoms with Crippen molar-refractivity contribution in [3.63, 3.8) is 0 Å². The summed E-state index contributed by atoms with van der Waals surface area (Å²) in [6.07, 6.45) is 2.74. The highest BCUT2D eigenvalue weighted by molar-refractivity contribution is 7.98. The van der Waals surface area contributed by atoms with Crippen molar-refractivity contribution < 1.29 is 14.3 Å². The molecule has 0 unspecified atom stereocenters. The van der Waals surface area contributed by atoms with Crippen molar-refractivity contribution in [3.05, 3.63) is 46.8 Å². The van der Waals surface area contributed by atoms with Crippen molar-refractivity contribution in [2.75, 3.05) is 20.0 Å². The van der Waals surface area contributed by atoms with E-state index in [4.69, 9.17) is 9.47 Å². The number of thioether (sulfide) groups is 1. The van der Waals surface area contributed by atoms with Crippen LogP contribution in [0.1, 0.15) is 22.5 Å². The van der Waals surface area contributed by atoms with Gasteiger partial charge < -0.3 is 9.47 Å². The van der Waals surface area contributed by atoms with E-state index in [0.29, 0.717) is 24.0 Å². The number of esters is 1. The zero-order chi connectivity index (χ0) is 19.4. The summed E-state index contributed by atoms with van der Waals surface area (Å²) in [6.45, 7) is 4.12. The number of methoxy groups -OCH3 is 1. The fourth-order valence-corrected chi connectivity index (χ4v) is 3.14. The normalized spacial score (nSPS) is 11.0. The Morgan fingerprint density at radius 2 is 1.93 bits per heavy atom. The number of fused-ring (bicyclic) bond motifs is 1. The van der Waals surface area contributed by atoms with Crippen molar-refractivity contribution in [2.45, 2.75) is 31.8 Å². The Morgan fingerprint density at radius 3 is 2.59 bits per heavy atom. The van der Waals surface area contributed by atoms with Crippen LogP contribution in [0.15, 0.2) is 29.4 Å². The van der Waals surface area contributed by atoms with Crippen LogP contribution < -0.4 is 4.74 Å². The van der Waals surface area contributed by atoms with Gasteiger partial charge in [-0.25, -0.2) is 9.50 Å². The Bertz CT molecular complexity index is 954. The lowest BCUT2D eigenvalue weighted by molar-refractivity contribution is -0.142. The molecule has 2 heterocycles. The molecule has 8 heteroatoms. The van der Waals surface area contributed by atoms with Crippen LogP contribution in [0.5, 0.6) is 5.75 Å². The van der Waals surface area contributed by atoms with Crippen LogP contribution in [-0.4, -0.2) is 45.5 Å². The summed E-state index contributed by atoms with van der Waals surface area (Å²) in [6, 6.07) is 7.72. The Kier molecular flexibility index (Phi) is 5.95. The third-order valence-electron chi connectivity index (χ3n) is 4.35. The van der Waals surface area contributed by atoms with Gasteiger partial charge in [0.2, 0.25) is 5.16 Å². The first kappa shape index (κ1) is 19.2. The smallest absolute Gasteiger partial charge is 0.310 e. The molecule has 3 aromatic rings. The predicted molar refractivity (Wildman–Crippen MR) is 103 cm³/mol. The monoisotopic (exact) mass is 386 g/mol. The molecule has 0 fully saturated rings. The Hall–Kier alpha value is -2.61. The Labute approximate surface area is 162 Å². The minimum atomic E-state index is -0.277. The second-order valence-electron chi connectivity index (χ2n) is 6.07. The number of aryl methyl sites for hydroxylation is 2. The average molecular weight is 386 g/mol. The Balaban J connectivity index is 1.63. The summed E-state index contributed by atoms with van der Waals surface area (Å²) in [5, 5.41) is 5.06. The number of hydrogen-bond donors (Lipinski definition) is 0. The molecule has 1 aromatic carbocycles. The highest BCUT2D eigenvalue weighted by atomic mass is 32.2. The van der Waals surface area contributed by atoms with Crippen LogP contribution in [0, 0.1) is 13.8 Å². The van der Waals surface area contributed by atoms with E-state index in [1.165, 1.54) is 11.8 Å². The molecule has 0 aliphatic heterocycles. The van der Waals surface area contributed by atoms with Crippen LogP contribution in [0.25, 0.3) is 5.78 Å². The molecule has 27 heavy (non-hydrogen) atoms. The van der Waals surface area contributed by atoms with E-state index in [1.807, 2.05) is 44.4 Å². The largest absolute Gasteiger partial charge is 0.497 e. The molecule has 2 aromatic heterocycles. The zero-order valence-electron chi connectivity index (χ0n) is 15.9. The van der Waals surface area contributed by atoms with Gasteiger partial charge in [-0.15, -0.1) is 5.10 Å². The van der Waals surface area contributed by atoms with E-state index in [-0.39, 0.29) is 12.4 Å². The molecule has 0 saturated heterocycles. The third kappa shape index (κ3) is 4.39. The maximum Gasteiger partial charge on any atom is 0.310 e. The minimum Gasteiger partial charge on any atom is -0.497 e. The van der Waals surface area contributed by atoms with Gasteiger partial charge in [-0.2, -0.15) is 4.98 Å². The fourth-order valence-electron chi connectivity index (χ4n) is 2.80. The fraction of sp³-hybridized carbons (Fsp3) is 0.368. The standard InChI is InChI=1S/C19H22N4O3S/c1-12-16(13(2)23-18(20-12)21-19(22-23)27-4)11-17(24)26-10-9-14-5-7-15(25-3)8-6-14/h5-8H,9-11H2,1-4H3. The summed E-state index contributed by atoms with van der Waals surface area (Å²) >= 11 is 1.46. The number of nitrogens with zero attached hydrogens (tertiary/aromatic N) is 4. The maximum absolute atomic E-state index is 12.3. The first-order valence-electron chi connectivity index (χ1n) is 8.57. The van der Waals surface area contributed by atoms with Gasteiger partial charge in [-0.1, -0.05) is 23.9 Å². The zero-order valence-corrected chi connectivity index (χ0v) is 16.7. The molecule has 142 valence electrons. The van der Waals surface area contributed by atoms with Gasteiger partial charge in [0.15, 0.2) is 0 Å². The molecular formula is C19H22N4O3S. The van der Waals surface area contributed by atoms with Crippen LogP contribution in [-0.2, 0) is 22.4 Å². The second kappa shape index (κ2) is 8.39. The van der Waals surface area contributed by atoms with Gasteiger partial charge in [0.05, 0.1) is 20.1 Å². The number of carbonyl (C=O) groups excluding carboxylic acids is 1. The summed E-state index contributed by atoms with van der Waals surface area (Å²) in [4.78, 5) is 21.1. The summed E-state index contributed by atoms with van der Waals surface area (Å²) in [5.74, 6) is 1.08. The highest BCUT2D eigenvalue weighted by Gasteiger charge is 2.16.